The number of aryl methyl sites for hydroxylation is 1. The monoisotopic (exact) mass is 381 g/mol. The molecule has 1 aliphatic rings. The average Bonchev–Trinajstić information content (AvgIpc) is 2.97. The molecule has 1 N–H and O–H groups in total. The van der Waals surface area contributed by atoms with Crippen molar-refractivity contribution in [3.63, 3.8) is 0 Å². The van der Waals surface area contributed by atoms with Crippen molar-refractivity contribution in [3.8, 4) is 11.3 Å². The van der Waals surface area contributed by atoms with Crippen molar-refractivity contribution >= 4 is 11.6 Å². The number of nitrogens with zero attached hydrogens (tertiary/aromatic N) is 2. The first-order valence-electron chi connectivity index (χ1n) is 9.45. The summed E-state index contributed by atoms with van der Waals surface area (Å²) in [6, 6.07) is 18.5. The lowest BCUT2D eigenvalue weighted by Gasteiger charge is -2.33. The highest BCUT2D eigenvalue weighted by molar-refractivity contribution is 6.30. The number of H-pyrrole nitrogens is 1. The number of hydrogen-bond donors (Lipinski definition) is 1. The molecule has 4 rings (SSSR count). The van der Waals surface area contributed by atoms with Crippen molar-refractivity contribution in [2.24, 2.45) is 0 Å². The van der Waals surface area contributed by atoms with Crippen molar-refractivity contribution in [2.45, 2.75) is 32.4 Å². The molecule has 140 valence electrons. The zero-order valence-corrected chi connectivity index (χ0v) is 16.2. The van der Waals surface area contributed by atoms with E-state index in [1.807, 2.05) is 47.9 Å². The first-order valence-corrected chi connectivity index (χ1v) is 9.83. The van der Waals surface area contributed by atoms with Crippen LogP contribution in [0.4, 0.5) is 0 Å². The van der Waals surface area contributed by atoms with Gasteiger partial charge < -0.3 is 4.98 Å². The molecule has 2 aromatic carbocycles. The summed E-state index contributed by atoms with van der Waals surface area (Å²) in [7, 11) is 0. The highest BCUT2D eigenvalue weighted by Crippen LogP contribution is 2.29. The van der Waals surface area contributed by atoms with Gasteiger partial charge in [-0.2, -0.15) is 0 Å². The zero-order valence-electron chi connectivity index (χ0n) is 15.5. The molecule has 0 saturated carbocycles. The summed E-state index contributed by atoms with van der Waals surface area (Å²) in [6.07, 6.45) is 1.94. The fourth-order valence-corrected chi connectivity index (χ4v) is 4.30. The van der Waals surface area contributed by atoms with Crippen LogP contribution in [-0.4, -0.2) is 27.5 Å². The molecule has 0 radical (unpaired) electrons. The zero-order chi connectivity index (χ0) is 18.8. The molecule has 3 aromatic rings. The molecule has 27 heavy (non-hydrogen) atoms. The summed E-state index contributed by atoms with van der Waals surface area (Å²) in [6.45, 7) is 4.83. The maximum Gasteiger partial charge on any atom is 0.326 e. The van der Waals surface area contributed by atoms with Gasteiger partial charge in [-0.25, -0.2) is 4.79 Å². The van der Waals surface area contributed by atoms with E-state index in [-0.39, 0.29) is 11.7 Å². The van der Waals surface area contributed by atoms with E-state index in [0.717, 1.165) is 54.4 Å². The van der Waals surface area contributed by atoms with Gasteiger partial charge in [0.2, 0.25) is 0 Å². The second kappa shape index (κ2) is 7.75. The Kier molecular flexibility index (Phi) is 5.19. The molecule has 0 amide bonds. The van der Waals surface area contributed by atoms with Crippen LogP contribution in [0.25, 0.3) is 11.3 Å². The van der Waals surface area contributed by atoms with Crippen molar-refractivity contribution < 1.29 is 0 Å². The van der Waals surface area contributed by atoms with Gasteiger partial charge in [-0.05, 0) is 37.5 Å². The number of likely N-dealkylation sites (tertiary alicyclic amines) is 1. The number of rotatable bonds is 4. The van der Waals surface area contributed by atoms with E-state index in [9.17, 15) is 4.79 Å². The molecule has 2 heterocycles. The van der Waals surface area contributed by atoms with Gasteiger partial charge in [0.1, 0.15) is 0 Å². The quantitative estimate of drug-likeness (QED) is 0.715. The van der Waals surface area contributed by atoms with Crippen LogP contribution in [0.15, 0.2) is 59.4 Å². The molecule has 1 aliphatic heterocycles. The van der Waals surface area contributed by atoms with Crippen LogP contribution in [0.1, 0.15) is 30.1 Å². The summed E-state index contributed by atoms with van der Waals surface area (Å²) < 4.78 is 1.97. The number of benzene rings is 2. The van der Waals surface area contributed by atoms with Gasteiger partial charge in [0, 0.05) is 42.0 Å². The lowest BCUT2D eigenvalue weighted by molar-refractivity contribution is 0.179. The van der Waals surface area contributed by atoms with E-state index >= 15 is 0 Å². The summed E-state index contributed by atoms with van der Waals surface area (Å²) in [4.78, 5) is 18.1. The number of imidazole rings is 1. The largest absolute Gasteiger partial charge is 0.326 e. The van der Waals surface area contributed by atoms with E-state index in [4.69, 9.17) is 11.6 Å². The van der Waals surface area contributed by atoms with Crippen LogP contribution < -0.4 is 5.69 Å². The number of nitrogens with one attached hydrogen (secondary N) is 1. The van der Waals surface area contributed by atoms with E-state index in [1.165, 1.54) is 5.56 Å². The second-order valence-corrected chi connectivity index (χ2v) is 7.71. The van der Waals surface area contributed by atoms with Gasteiger partial charge >= 0.3 is 5.69 Å². The summed E-state index contributed by atoms with van der Waals surface area (Å²) in [5.41, 5.74) is 4.29. The van der Waals surface area contributed by atoms with Gasteiger partial charge in [-0.1, -0.05) is 54.1 Å². The van der Waals surface area contributed by atoms with Gasteiger partial charge in [0.15, 0.2) is 0 Å². The topological polar surface area (TPSA) is 41.0 Å². The Morgan fingerprint density at radius 2 is 1.81 bits per heavy atom. The van der Waals surface area contributed by atoms with Crippen molar-refractivity contribution in [2.75, 3.05) is 13.1 Å². The molecule has 1 aromatic heterocycles. The summed E-state index contributed by atoms with van der Waals surface area (Å²) in [5.74, 6) is 0. The van der Waals surface area contributed by atoms with Gasteiger partial charge in [0.25, 0.3) is 0 Å². The average molecular weight is 382 g/mol. The minimum Gasteiger partial charge on any atom is -0.309 e. The Hall–Kier alpha value is -2.30. The standard InChI is InChI=1S/C22H24ClN3O/c1-16-21(18-7-3-2-4-8-18)26(22(27)24-16)20-10-12-25(13-11-20)15-17-6-5-9-19(23)14-17/h2-9,14,20H,10-13,15H2,1H3,(H,24,27). The van der Waals surface area contributed by atoms with E-state index in [1.54, 1.807) is 0 Å². The molecular weight excluding hydrogens is 358 g/mol. The third kappa shape index (κ3) is 3.87. The van der Waals surface area contributed by atoms with Crippen LogP contribution in [0.3, 0.4) is 0 Å². The maximum atomic E-state index is 12.6. The minimum atomic E-state index is -0.000329. The number of aromatic nitrogens is 2. The third-order valence-electron chi connectivity index (χ3n) is 5.37. The van der Waals surface area contributed by atoms with Crippen LogP contribution in [0.5, 0.6) is 0 Å². The Bertz CT molecular complexity index is 969. The predicted octanol–water partition coefficient (Wildman–Crippen LogP) is 4.64. The number of halogens is 1. The fourth-order valence-electron chi connectivity index (χ4n) is 4.09. The Morgan fingerprint density at radius 1 is 1.07 bits per heavy atom. The summed E-state index contributed by atoms with van der Waals surface area (Å²) in [5, 5.41) is 0.782. The SMILES string of the molecule is Cc1[nH]c(=O)n(C2CCN(Cc3cccc(Cl)c3)CC2)c1-c1ccccc1. The van der Waals surface area contributed by atoms with E-state index in [2.05, 4.69) is 28.1 Å². The molecule has 0 unspecified atom stereocenters. The molecule has 0 bridgehead atoms. The van der Waals surface area contributed by atoms with Crippen LogP contribution in [-0.2, 0) is 6.54 Å². The molecule has 0 spiro atoms. The smallest absolute Gasteiger partial charge is 0.309 e. The number of piperidine rings is 1. The number of aromatic amines is 1. The molecule has 0 aliphatic carbocycles. The van der Waals surface area contributed by atoms with Crippen LogP contribution in [0.2, 0.25) is 5.02 Å². The molecule has 4 nitrogen and oxygen atoms in total. The fraction of sp³-hybridized carbons (Fsp3) is 0.318. The second-order valence-electron chi connectivity index (χ2n) is 7.28. The molecule has 5 heteroatoms. The molecule has 1 fully saturated rings. The highest BCUT2D eigenvalue weighted by Gasteiger charge is 2.25. The number of hydrogen-bond acceptors (Lipinski definition) is 2. The van der Waals surface area contributed by atoms with Gasteiger partial charge in [-0.15, -0.1) is 0 Å². The minimum absolute atomic E-state index is 0.000329. The first-order chi connectivity index (χ1) is 13.1. The van der Waals surface area contributed by atoms with Crippen molar-refractivity contribution in [3.05, 3.63) is 81.4 Å². The van der Waals surface area contributed by atoms with Crippen molar-refractivity contribution in [1.82, 2.24) is 14.5 Å². The molecule has 1 saturated heterocycles. The van der Waals surface area contributed by atoms with Gasteiger partial charge in [-0.3, -0.25) is 9.47 Å². The predicted molar refractivity (Wildman–Crippen MR) is 110 cm³/mol. The van der Waals surface area contributed by atoms with Gasteiger partial charge in [0.05, 0.1) is 5.69 Å². The lowest BCUT2D eigenvalue weighted by Crippen LogP contribution is -2.36. The first kappa shape index (κ1) is 18.1. The highest BCUT2D eigenvalue weighted by atomic mass is 35.5. The normalized spacial score (nSPS) is 15.9. The molecule has 0 atom stereocenters. The van der Waals surface area contributed by atoms with E-state index < -0.39 is 0 Å². The summed E-state index contributed by atoms with van der Waals surface area (Å²) >= 11 is 6.10. The van der Waals surface area contributed by atoms with E-state index in [0.29, 0.717) is 0 Å². The third-order valence-corrected chi connectivity index (χ3v) is 5.61. The Labute approximate surface area is 164 Å². The Balaban J connectivity index is 1.51. The van der Waals surface area contributed by atoms with Crippen LogP contribution >= 0.6 is 11.6 Å². The maximum absolute atomic E-state index is 12.6. The molecular formula is C22H24ClN3O. The van der Waals surface area contributed by atoms with Crippen molar-refractivity contribution in [1.29, 1.82) is 0 Å². The van der Waals surface area contributed by atoms with Crippen LogP contribution in [0, 0.1) is 6.92 Å². The Morgan fingerprint density at radius 3 is 2.52 bits per heavy atom. The lowest BCUT2D eigenvalue weighted by atomic mass is 10.0.